The van der Waals surface area contributed by atoms with E-state index in [9.17, 15) is 0 Å². The molecule has 34 heavy (non-hydrogen) atoms. The first-order chi connectivity index (χ1) is 16.4. The zero-order chi connectivity index (χ0) is 24.2. The van der Waals surface area contributed by atoms with E-state index in [0.717, 1.165) is 41.3 Å². The van der Waals surface area contributed by atoms with Crippen molar-refractivity contribution in [3.63, 3.8) is 0 Å². The summed E-state index contributed by atoms with van der Waals surface area (Å²) in [6, 6.07) is 7.88. The number of nitrogens with zero attached hydrogens (tertiary/aromatic N) is 5. The van der Waals surface area contributed by atoms with E-state index in [0.29, 0.717) is 35.5 Å². The molecule has 2 aromatic heterocycles. The average Bonchev–Trinajstić information content (AvgIpc) is 3.18. The lowest BCUT2D eigenvalue weighted by atomic mass is 9.89. The third-order valence-electron chi connectivity index (χ3n) is 5.88. The van der Waals surface area contributed by atoms with Gasteiger partial charge in [-0.3, -0.25) is 0 Å². The summed E-state index contributed by atoms with van der Waals surface area (Å²) in [5.74, 6) is 4.65. The van der Waals surface area contributed by atoms with E-state index < -0.39 is 0 Å². The number of aromatic nitrogens is 5. The fourth-order valence-electron chi connectivity index (χ4n) is 4.20. The van der Waals surface area contributed by atoms with Gasteiger partial charge < -0.3 is 9.47 Å². The highest BCUT2D eigenvalue weighted by Crippen LogP contribution is 2.29. The number of benzene rings is 1. The Morgan fingerprint density at radius 3 is 2.50 bits per heavy atom. The maximum atomic E-state index is 5.45. The fourth-order valence-corrected chi connectivity index (χ4v) is 4.20. The number of allylic oxidation sites excluding steroid dienone is 5. The molecule has 4 rings (SSSR count). The second-order valence-electron chi connectivity index (χ2n) is 8.59. The molecule has 7 heteroatoms. The summed E-state index contributed by atoms with van der Waals surface area (Å²) in [5.41, 5.74) is 4.42. The molecule has 0 saturated heterocycles. The Labute approximate surface area is 200 Å². The highest BCUT2D eigenvalue weighted by atomic mass is 16.5. The minimum atomic E-state index is 0.330. The van der Waals surface area contributed by atoms with Crippen LogP contribution in [0.4, 0.5) is 0 Å². The van der Waals surface area contributed by atoms with Crippen LogP contribution in [0, 0.1) is 19.8 Å². The Balaban J connectivity index is 1.58. The van der Waals surface area contributed by atoms with E-state index in [1.807, 2.05) is 42.8 Å². The number of hydrogen-bond acceptors (Lipinski definition) is 6. The van der Waals surface area contributed by atoms with Crippen molar-refractivity contribution >= 4 is 0 Å². The number of aryl methyl sites for hydroxylation is 3. The second kappa shape index (κ2) is 10.0. The summed E-state index contributed by atoms with van der Waals surface area (Å²) in [6.07, 6.45) is 8.90. The Hall–Kier alpha value is -3.74. The molecule has 0 N–H and O–H groups in total. The third-order valence-corrected chi connectivity index (χ3v) is 5.88. The van der Waals surface area contributed by atoms with Crippen LogP contribution >= 0.6 is 0 Å². The van der Waals surface area contributed by atoms with Crippen LogP contribution < -0.4 is 9.47 Å². The molecule has 1 aliphatic rings. The van der Waals surface area contributed by atoms with Gasteiger partial charge in [0.05, 0.1) is 14.2 Å². The van der Waals surface area contributed by atoms with Crippen LogP contribution in [-0.4, -0.2) is 39.0 Å². The SMILES string of the molecule is C=C1C=C(C)C=CC1CCc1cc(-n2nc(C)nc2Cc2ccc(OC)c(OC)c2)nc(C)n1. The van der Waals surface area contributed by atoms with Crippen molar-refractivity contribution in [1.29, 1.82) is 0 Å². The molecular formula is C27H31N5O2. The molecule has 0 fully saturated rings. The molecule has 3 aromatic rings. The molecule has 1 aromatic carbocycles. The Morgan fingerprint density at radius 2 is 1.76 bits per heavy atom. The Kier molecular flexibility index (Phi) is 6.91. The molecule has 0 aliphatic heterocycles. The molecule has 0 bridgehead atoms. The lowest BCUT2D eigenvalue weighted by Crippen LogP contribution is -2.10. The minimum Gasteiger partial charge on any atom is -0.493 e. The molecule has 0 saturated carbocycles. The van der Waals surface area contributed by atoms with Crippen molar-refractivity contribution in [3.8, 4) is 17.3 Å². The maximum Gasteiger partial charge on any atom is 0.161 e. The van der Waals surface area contributed by atoms with Gasteiger partial charge in [-0.05, 0) is 56.9 Å². The van der Waals surface area contributed by atoms with Crippen molar-refractivity contribution < 1.29 is 9.47 Å². The first-order valence-electron chi connectivity index (χ1n) is 11.4. The average molecular weight is 458 g/mol. The standard InChI is InChI=1S/C27H31N5O2/c1-17-7-9-22(18(2)13-17)10-11-23-16-27(29-19(3)28-23)32-26(30-20(4)31-32)15-21-8-12-24(33-5)25(14-21)34-6/h7-9,12-14,16,22H,2,10-11,15H2,1,3-6H3. The van der Waals surface area contributed by atoms with Gasteiger partial charge >= 0.3 is 0 Å². The number of methoxy groups -OCH3 is 2. The Bertz CT molecular complexity index is 1270. The maximum absolute atomic E-state index is 5.45. The largest absolute Gasteiger partial charge is 0.493 e. The second-order valence-corrected chi connectivity index (χ2v) is 8.59. The van der Waals surface area contributed by atoms with Crippen LogP contribution in [0.3, 0.4) is 0 Å². The quantitative estimate of drug-likeness (QED) is 0.479. The number of ether oxygens (including phenoxy) is 2. The zero-order valence-corrected chi connectivity index (χ0v) is 20.5. The van der Waals surface area contributed by atoms with Crippen LogP contribution in [0.2, 0.25) is 0 Å². The van der Waals surface area contributed by atoms with E-state index in [1.54, 1.807) is 14.2 Å². The molecule has 0 amide bonds. The van der Waals surface area contributed by atoms with Gasteiger partial charge in [-0.25, -0.2) is 15.0 Å². The predicted molar refractivity (Wildman–Crippen MR) is 133 cm³/mol. The van der Waals surface area contributed by atoms with Crippen LogP contribution in [0.1, 0.15) is 42.1 Å². The first kappa shape index (κ1) is 23.4. The molecular weight excluding hydrogens is 426 g/mol. The smallest absolute Gasteiger partial charge is 0.161 e. The van der Waals surface area contributed by atoms with Gasteiger partial charge in [0.2, 0.25) is 0 Å². The van der Waals surface area contributed by atoms with Gasteiger partial charge in [0, 0.05) is 24.1 Å². The zero-order valence-electron chi connectivity index (χ0n) is 20.5. The van der Waals surface area contributed by atoms with Gasteiger partial charge in [-0.2, -0.15) is 4.68 Å². The van der Waals surface area contributed by atoms with E-state index >= 15 is 0 Å². The van der Waals surface area contributed by atoms with Crippen LogP contribution in [0.15, 0.2) is 60.2 Å². The topological polar surface area (TPSA) is 75.0 Å². The molecule has 0 spiro atoms. The normalized spacial score (nSPS) is 15.4. The van der Waals surface area contributed by atoms with Crippen LogP contribution in [-0.2, 0) is 12.8 Å². The van der Waals surface area contributed by atoms with Gasteiger partial charge in [-0.15, -0.1) is 5.10 Å². The minimum absolute atomic E-state index is 0.330. The highest BCUT2D eigenvalue weighted by molar-refractivity contribution is 5.44. The lowest BCUT2D eigenvalue weighted by Gasteiger charge is -2.17. The molecule has 1 atom stereocenters. The molecule has 2 heterocycles. The molecule has 0 radical (unpaired) electrons. The number of hydrogen-bond donors (Lipinski definition) is 0. The van der Waals surface area contributed by atoms with Crippen molar-refractivity contribution in [1.82, 2.24) is 24.7 Å². The highest BCUT2D eigenvalue weighted by Gasteiger charge is 2.16. The van der Waals surface area contributed by atoms with Crippen molar-refractivity contribution in [2.45, 2.75) is 40.0 Å². The summed E-state index contributed by atoms with van der Waals surface area (Å²) >= 11 is 0. The van der Waals surface area contributed by atoms with E-state index in [-0.39, 0.29) is 0 Å². The van der Waals surface area contributed by atoms with Gasteiger partial charge in [0.15, 0.2) is 17.3 Å². The molecule has 1 aliphatic carbocycles. The lowest BCUT2D eigenvalue weighted by molar-refractivity contribution is 0.354. The van der Waals surface area contributed by atoms with Crippen molar-refractivity contribution in [2.24, 2.45) is 5.92 Å². The van der Waals surface area contributed by atoms with E-state index in [1.165, 1.54) is 5.57 Å². The predicted octanol–water partition coefficient (Wildman–Crippen LogP) is 4.90. The van der Waals surface area contributed by atoms with E-state index in [2.05, 4.69) is 51.8 Å². The third kappa shape index (κ3) is 5.25. The van der Waals surface area contributed by atoms with Crippen LogP contribution in [0.25, 0.3) is 5.82 Å². The number of rotatable bonds is 8. The van der Waals surface area contributed by atoms with Crippen molar-refractivity contribution in [2.75, 3.05) is 14.2 Å². The monoisotopic (exact) mass is 457 g/mol. The molecule has 176 valence electrons. The summed E-state index contributed by atoms with van der Waals surface area (Å²) in [5, 5.41) is 4.63. The van der Waals surface area contributed by atoms with Gasteiger partial charge in [0.1, 0.15) is 17.5 Å². The first-order valence-corrected chi connectivity index (χ1v) is 11.4. The van der Waals surface area contributed by atoms with E-state index in [4.69, 9.17) is 9.47 Å². The van der Waals surface area contributed by atoms with Gasteiger partial charge in [0.25, 0.3) is 0 Å². The van der Waals surface area contributed by atoms with Gasteiger partial charge in [-0.1, -0.05) is 36.4 Å². The summed E-state index contributed by atoms with van der Waals surface area (Å²) in [7, 11) is 3.26. The van der Waals surface area contributed by atoms with Crippen molar-refractivity contribution in [3.05, 3.63) is 88.9 Å². The fraction of sp³-hybridized carbons (Fsp3) is 0.333. The van der Waals surface area contributed by atoms with Crippen LogP contribution in [0.5, 0.6) is 11.5 Å². The Morgan fingerprint density at radius 1 is 0.971 bits per heavy atom. The summed E-state index contributed by atoms with van der Waals surface area (Å²) < 4.78 is 12.6. The molecule has 1 unspecified atom stereocenters. The molecule has 7 nitrogen and oxygen atoms in total. The summed E-state index contributed by atoms with van der Waals surface area (Å²) in [4.78, 5) is 14.0. The summed E-state index contributed by atoms with van der Waals surface area (Å²) in [6.45, 7) is 10.1.